The summed E-state index contributed by atoms with van der Waals surface area (Å²) in [6, 6.07) is 3.02. The highest BCUT2D eigenvalue weighted by atomic mass is 16.5. The van der Waals surface area contributed by atoms with Gasteiger partial charge < -0.3 is 15.0 Å². The minimum absolute atomic E-state index is 0.261. The van der Waals surface area contributed by atoms with E-state index in [1.165, 1.54) is 24.1 Å². The zero-order valence-electron chi connectivity index (χ0n) is 8.98. The van der Waals surface area contributed by atoms with Crippen molar-refractivity contribution in [2.45, 2.75) is 37.8 Å². The average Bonchev–Trinajstić information content (AvgIpc) is 2.85. The van der Waals surface area contributed by atoms with E-state index >= 15 is 0 Å². The Balaban J connectivity index is 1.95. The topological polar surface area (TPSA) is 40.2 Å². The van der Waals surface area contributed by atoms with E-state index < -0.39 is 0 Å². The molecule has 0 radical (unpaired) electrons. The summed E-state index contributed by atoms with van der Waals surface area (Å²) in [7, 11) is 0. The second-order valence-corrected chi connectivity index (χ2v) is 4.64. The van der Waals surface area contributed by atoms with Crippen molar-refractivity contribution < 1.29 is 4.74 Å². The van der Waals surface area contributed by atoms with Crippen molar-refractivity contribution in [1.82, 2.24) is 4.57 Å². The number of ether oxygens (including phenoxy) is 1. The third-order valence-electron chi connectivity index (χ3n) is 3.69. The lowest BCUT2D eigenvalue weighted by Crippen LogP contribution is -2.20. The van der Waals surface area contributed by atoms with Gasteiger partial charge in [-0.15, -0.1) is 0 Å². The molecule has 3 nitrogen and oxygen atoms in total. The van der Waals surface area contributed by atoms with Crippen LogP contribution < -0.4 is 5.73 Å². The molecule has 1 aromatic rings. The Bertz CT molecular complexity index is 353. The van der Waals surface area contributed by atoms with Gasteiger partial charge in [-0.3, -0.25) is 0 Å². The maximum absolute atomic E-state index is 6.11. The molecule has 0 spiro atoms. The normalized spacial score (nSPS) is 30.5. The molecule has 0 aromatic carbocycles. The monoisotopic (exact) mass is 206 g/mol. The van der Waals surface area contributed by atoms with Gasteiger partial charge >= 0.3 is 0 Å². The van der Waals surface area contributed by atoms with Crippen molar-refractivity contribution in [3.8, 4) is 0 Å². The maximum atomic E-state index is 6.11. The quantitative estimate of drug-likeness (QED) is 0.761. The molecule has 2 N–H and O–H groups in total. The van der Waals surface area contributed by atoms with Gasteiger partial charge in [-0.2, -0.15) is 0 Å². The Kier molecular flexibility index (Phi) is 2.29. The predicted molar refractivity (Wildman–Crippen MR) is 58.8 cm³/mol. The molecule has 0 saturated carbocycles. The number of nitrogens with zero attached hydrogens (tertiary/aromatic N) is 1. The van der Waals surface area contributed by atoms with Gasteiger partial charge in [-0.1, -0.05) is 0 Å². The number of rotatable bonds is 1. The molecule has 2 heterocycles. The van der Waals surface area contributed by atoms with E-state index in [4.69, 9.17) is 10.5 Å². The van der Waals surface area contributed by atoms with Crippen LogP contribution in [0.15, 0.2) is 12.3 Å². The summed E-state index contributed by atoms with van der Waals surface area (Å²) in [5, 5.41) is 0. The summed E-state index contributed by atoms with van der Waals surface area (Å²) < 4.78 is 7.85. The minimum Gasteiger partial charge on any atom is -0.379 e. The Morgan fingerprint density at radius 3 is 3.13 bits per heavy atom. The van der Waals surface area contributed by atoms with Crippen molar-refractivity contribution in [2.75, 3.05) is 13.2 Å². The average molecular weight is 206 g/mol. The fraction of sp³-hybridized carbons (Fsp3) is 0.667. The Morgan fingerprint density at radius 2 is 2.33 bits per heavy atom. The van der Waals surface area contributed by atoms with Gasteiger partial charge in [0.05, 0.1) is 12.6 Å². The van der Waals surface area contributed by atoms with Crippen LogP contribution in [0.5, 0.6) is 0 Å². The van der Waals surface area contributed by atoms with Gasteiger partial charge in [0, 0.05) is 24.5 Å². The van der Waals surface area contributed by atoms with Gasteiger partial charge in [-0.25, -0.2) is 0 Å². The number of nitrogens with two attached hydrogens (primary N) is 1. The van der Waals surface area contributed by atoms with Crippen molar-refractivity contribution in [3.63, 3.8) is 0 Å². The molecule has 2 aliphatic rings. The van der Waals surface area contributed by atoms with Crippen LogP contribution in [-0.2, 0) is 11.2 Å². The van der Waals surface area contributed by atoms with Crippen LogP contribution in [0.3, 0.4) is 0 Å². The largest absolute Gasteiger partial charge is 0.379 e. The standard InChI is InChI=1S/C12H18N2O/c13-11-2-1-3-12-10(11)4-6-14(12)9-5-7-15-8-9/h4,6,9,11H,1-3,5,7-8,13H2. The van der Waals surface area contributed by atoms with E-state index in [0.29, 0.717) is 6.04 Å². The fourth-order valence-corrected chi connectivity index (χ4v) is 2.84. The molecule has 15 heavy (non-hydrogen) atoms. The number of aromatic nitrogens is 1. The van der Waals surface area contributed by atoms with Crippen molar-refractivity contribution >= 4 is 0 Å². The van der Waals surface area contributed by atoms with E-state index in [0.717, 1.165) is 26.1 Å². The SMILES string of the molecule is NC1CCCc2c1ccn2C1CCOC1. The Labute approximate surface area is 90.2 Å². The number of hydrogen-bond donors (Lipinski definition) is 1. The highest BCUT2D eigenvalue weighted by Gasteiger charge is 2.25. The molecule has 1 fully saturated rings. The number of fused-ring (bicyclic) bond motifs is 1. The number of hydrogen-bond acceptors (Lipinski definition) is 2. The van der Waals surface area contributed by atoms with E-state index in [2.05, 4.69) is 16.8 Å². The molecule has 3 heteroatoms. The van der Waals surface area contributed by atoms with E-state index in [-0.39, 0.29) is 6.04 Å². The first-order valence-electron chi connectivity index (χ1n) is 5.89. The zero-order valence-corrected chi connectivity index (χ0v) is 8.98. The maximum Gasteiger partial charge on any atom is 0.0674 e. The molecule has 3 rings (SSSR count). The second-order valence-electron chi connectivity index (χ2n) is 4.64. The second kappa shape index (κ2) is 3.65. The zero-order chi connectivity index (χ0) is 10.3. The van der Waals surface area contributed by atoms with Crippen LogP contribution in [0.2, 0.25) is 0 Å². The van der Waals surface area contributed by atoms with E-state index in [1.54, 1.807) is 0 Å². The molecule has 0 amide bonds. The van der Waals surface area contributed by atoms with E-state index in [9.17, 15) is 0 Å². The Hall–Kier alpha value is -0.800. The highest BCUT2D eigenvalue weighted by molar-refractivity contribution is 5.29. The summed E-state index contributed by atoms with van der Waals surface area (Å²) in [5.41, 5.74) is 8.94. The van der Waals surface area contributed by atoms with Crippen LogP contribution in [-0.4, -0.2) is 17.8 Å². The molecular formula is C12H18N2O. The molecule has 1 aromatic heterocycles. The lowest BCUT2D eigenvalue weighted by Gasteiger charge is -2.23. The summed E-state index contributed by atoms with van der Waals surface area (Å²) in [4.78, 5) is 0. The molecular weight excluding hydrogens is 188 g/mol. The summed E-state index contributed by atoms with van der Waals surface area (Å²) in [5.74, 6) is 0. The molecule has 2 atom stereocenters. The summed E-state index contributed by atoms with van der Waals surface area (Å²) in [6.45, 7) is 1.78. The first-order chi connectivity index (χ1) is 7.36. The van der Waals surface area contributed by atoms with Crippen LogP contribution in [0.1, 0.15) is 42.6 Å². The highest BCUT2D eigenvalue weighted by Crippen LogP contribution is 2.32. The fourth-order valence-electron chi connectivity index (χ4n) is 2.84. The molecule has 2 unspecified atom stereocenters. The minimum atomic E-state index is 0.261. The first-order valence-corrected chi connectivity index (χ1v) is 5.89. The lowest BCUT2D eigenvalue weighted by atomic mass is 9.93. The first kappa shape index (κ1) is 9.43. The van der Waals surface area contributed by atoms with Gasteiger partial charge in [0.15, 0.2) is 0 Å². The van der Waals surface area contributed by atoms with Crippen LogP contribution >= 0.6 is 0 Å². The Morgan fingerprint density at radius 1 is 1.40 bits per heavy atom. The third-order valence-corrected chi connectivity index (χ3v) is 3.69. The van der Waals surface area contributed by atoms with Gasteiger partial charge in [0.25, 0.3) is 0 Å². The third kappa shape index (κ3) is 1.50. The predicted octanol–water partition coefficient (Wildman–Crippen LogP) is 1.79. The molecule has 82 valence electrons. The molecule has 1 saturated heterocycles. The van der Waals surface area contributed by atoms with Gasteiger partial charge in [0.2, 0.25) is 0 Å². The molecule has 1 aliphatic carbocycles. The summed E-state index contributed by atoms with van der Waals surface area (Å²) >= 11 is 0. The molecule has 1 aliphatic heterocycles. The smallest absolute Gasteiger partial charge is 0.0674 e. The van der Waals surface area contributed by atoms with Gasteiger partial charge in [-0.05, 0) is 37.3 Å². The van der Waals surface area contributed by atoms with Crippen LogP contribution in [0.25, 0.3) is 0 Å². The molecule has 0 bridgehead atoms. The van der Waals surface area contributed by atoms with Crippen LogP contribution in [0.4, 0.5) is 0 Å². The summed E-state index contributed by atoms with van der Waals surface area (Å²) in [6.07, 6.45) is 6.90. The van der Waals surface area contributed by atoms with Crippen molar-refractivity contribution in [3.05, 3.63) is 23.5 Å². The van der Waals surface area contributed by atoms with Crippen molar-refractivity contribution in [2.24, 2.45) is 5.73 Å². The van der Waals surface area contributed by atoms with Gasteiger partial charge in [0.1, 0.15) is 0 Å². The van der Waals surface area contributed by atoms with Crippen molar-refractivity contribution in [1.29, 1.82) is 0 Å². The van der Waals surface area contributed by atoms with Crippen LogP contribution in [0, 0.1) is 0 Å². The van der Waals surface area contributed by atoms with E-state index in [1.807, 2.05) is 0 Å². The lowest BCUT2D eigenvalue weighted by molar-refractivity contribution is 0.186.